The third-order valence-corrected chi connectivity index (χ3v) is 13.8. The fourth-order valence-electron chi connectivity index (χ4n) is 11.1. The van der Waals surface area contributed by atoms with Crippen LogP contribution in [-0.2, 0) is 0 Å². The molecule has 0 aliphatic rings. The van der Waals surface area contributed by atoms with Gasteiger partial charge in [-0.05, 0) is 61.5 Å². The highest BCUT2D eigenvalue weighted by Gasteiger charge is 2.33. The molecular formula is C62H39N7. The summed E-state index contributed by atoms with van der Waals surface area (Å²) in [6, 6.07) is 70.0. The van der Waals surface area contributed by atoms with Gasteiger partial charge in [-0.2, -0.15) is 10.5 Å². The highest BCUT2D eigenvalue weighted by atomic mass is 15.2. The lowest BCUT2D eigenvalue weighted by atomic mass is 9.93. The number of aromatic nitrogens is 5. The zero-order chi connectivity index (χ0) is 46.3. The van der Waals surface area contributed by atoms with Crippen LogP contribution in [0.25, 0.3) is 123 Å². The van der Waals surface area contributed by atoms with E-state index in [2.05, 4.69) is 226 Å². The number of pyridine rings is 1. The molecule has 5 aromatic heterocycles. The molecule has 5 heterocycles. The summed E-state index contributed by atoms with van der Waals surface area (Å²) in [5.41, 5.74) is 10.1. The van der Waals surface area contributed by atoms with Gasteiger partial charge >= 0.3 is 0 Å². The van der Waals surface area contributed by atoms with Gasteiger partial charge in [-0.15, -0.1) is 0 Å². The van der Waals surface area contributed by atoms with E-state index in [1.807, 2.05) is 18.2 Å². The fraction of sp³-hybridized carbons (Fsp3) is 0.0161. The van der Waals surface area contributed by atoms with E-state index in [9.17, 15) is 10.5 Å². The summed E-state index contributed by atoms with van der Waals surface area (Å²) >= 11 is 0. The number of benzene rings is 8. The molecule has 0 fully saturated rings. The largest absolute Gasteiger partial charge is 0.305 e. The quantitative estimate of drug-likeness (QED) is 0.167. The van der Waals surface area contributed by atoms with Gasteiger partial charge in [0.1, 0.15) is 23.5 Å². The van der Waals surface area contributed by atoms with Crippen molar-refractivity contribution < 1.29 is 0 Å². The predicted octanol–water partition coefficient (Wildman–Crippen LogP) is 13.5. The Balaban J connectivity index is 1.43. The van der Waals surface area contributed by atoms with Crippen LogP contribution in [0, 0.1) is 22.7 Å². The summed E-state index contributed by atoms with van der Waals surface area (Å²) in [7, 11) is 0. The Morgan fingerprint density at radius 1 is 0.435 bits per heavy atom. The van der Waals surface area contributed by atoms with Crippen LogP contribution >= 0.6 is 0 Å². The molecule has 0 N–H and O–H groups in total. The van der Waals surface area contributed by atoms with E-state index < -0.39 is 0 Å². The lowest BCUT2D eigenvalue weighted by molar-refractivity contribution is 0.944. The van der Waals surface area contributed by atoms with Crippen LogP contribution in [-0.4, -0.2) is 23.3 Å². The molecule has 322 valence electrons. The van der Waals surface area contributed by atoms with Crippen molar-refractivity contribution in [3.05, 3.63) is 222 Å². The zero-order valence-corrected chi connectivity index (χ0v) is 37.5. The number of rotatable bonds is 6. The van der Waals surface area contributed by atoms with Gasteiger partial charge < -0.3 is 9.13 Å². The molecule has 7 nitrogen and oxygen atoms in total. The lowest BCUT2D eigenvalue weighted by Crippen LogP contribution is -2.30. The van der Waals surface area contributed by atoms with Crippen molar-refractivity contribution in [3.8, 4) is 46.3 Å². The summed E-state index contributed by atoms with van der Waals surface area (Å²) in [4.78, 5) is 6.22. The van der Waals surface area contributed by atoms with Crippen molar-refractivity contribution in [2.45, 2.75) is 6.92 Å². The molecular weight excluding hydrogens is 843 g/mol. The lowest BCUT2D eigenvalue weighted by Gasteiger charge is -2.27. The Bertz CT molecular complexity index is 4400. The van der Waals surface area contributed by atoms with Crippen LogP contribution in [0.15, 0.2) is 201 Å². The summed E-state index contributed by atoms with van der Waals surface area (Å²) in [6.07, 6.45) is 6.05. The highest BCUT2D eigenvalue weighted by Crippen LogP contribution is 2.48. The Morgan fingerprint density at radius 2 is 0.812 bits per heavy atom. The van der Waals surface area contributed by atoms with E-state index in [0.29, 0.717) is 17.2 Å². The molecule has 0 bridgehead atoms. The second-order valence-corrected chi connectivity index (χ2v) is 17.2. The van der Waals surface area contributed by atoms with Gasteiger partial charge in [0.15, 0.2) is 11.6 Å². The number of fused-ring (bicyclic) bond motifs is 10. The van der Waals surface area contributed by atoms with Crippen molar-refractivity contribution in [2.24, 2.45) is 0 Å². The summed E-state index contributed by atoms with van der Waals surface area (Å²) in [6.45, 7) is 6.33. The van der Waals surface area contributed by atoms with Crippen LogP contribution in [0.3, 0.4) is 0 Å². The van der Waals surface area contributed by atoms with Gasteiger partial charge in [-0.1, -0.05) is 158 Å². The number of nitriles is 2. The maximum Gasteiger partial charge on any atom is 0.165 e. The Labute approximate surface area is 396 Å². The zero-order valence-electron chi connectivity index (χ0n) is 37.5. The van der Waals surface area contributed by atoms with Crippen LogP contribution in [0.1, 0.15) is 18.1 Å². The first-order chi connectivity index (χ1) is 34.1. The summed E-state index contributed by atoms with van der Waals surface area (Å²) in [5, 5.41) is 31.8. The molecule has 0 saturated heterocycles. The molecule has 8 aromatic carbocycles. The molecule has 0 aliphatic heterocycles. The van der Waals surface area contributed by atoms with Crippen LogP contribution < -0.4 is 10.6 Å². The maximum absolute atomic E-state index is 11.5. The van der Waals surface area contributed by atoms with Crippen molar-refractivity contribution in [2.75, 3.05) is 0 Å². The molecule has 0 atom stereocenters. The molecule has 0 unspecified atom stereocenters. The van der Waals surface area contributed by atoms with Crippen LogP contribution in [0.5, 0.6) is 0 Å². The second-order valence-electron chi connectivity index (χ2n) is 17.2. The number of hydrogen-bond donors (Lipinski definition) is 0. The van der Waals surface area contributed by atoms with Gasteiger partial charge in [0.2, 0.25) is 0 Å². The van der Waals surface area contributed by atoms with Gasteiger partial charge in [-0.25, -0.2) is 4.98 Å². The van der Waals surface area contributed by atoms with Crippen molar-refractivity contribution in [3.63, 3.8) is 0 Å². The number of hydrogen-bond acceptors (Lipinski definition) is 3. The van der Waals surface area contributed by atoms with Crippen molar-refractivity contribution >= 4 is 88.5 Å². The van der Waals surface area contributed by atoms with E-state index >= 15 is 0 Å². The van der Waals surface area contributed by atoms with E-state index in [1.54, 1.807) is 6.07 Å². The SMILES string of the molecule is C=C/C=c1\c(=C/C)c2ccccc2n1-c1c(-n2c3ccccc3c3ccccc32)nc(-n2c3ccccc3c3ccccc32)c(-n2c3ccccc3c3ccccc32)c1-c1cccc(C#N)c1C#N. The summed E-state index contributed by atoms with van der Waals surface area (Å²) in [5.74, 6) is 1.28. The minimum Gasteiger partial charge on any atom is -0.305 e. The molecule has 0 spiro atoms. The molecule has 0 aliphatic carbocycles. The smallest absolute Gasteiger partial charge is 0.165 e. The average molecular weight is 882 g/mol. The molecule has 0 amide bonds. The highest BCUT2D eigenvalue weighted by molar-refractivity contribution is 6.14. The third kappa shape index (κ3) is 5.56. The van der Waals surface area contributed by atoms with E-state index in [-0.39, 0.29) is 11.1 Å². The first-order valence-electron chi connectivity index (χ1n) is 23.0. The molecule has 13 aromatic rings. The second kappa shape index (κ2) is 15.5. The topological polar surface area (TPSA) is 80.2 Å². The summed E-state index contributed by atoms with van der Waals surface area (Å²) < 4.78 is 9.23. The predicted molar refractivity (Wildman–Crippen MR) is 283 cm³/mol. The Morgan fingerprint density at radius 3 is 1.20 bits per heavy atom. The van der Waals surface area contributed by atoms with Crippen molar-refractivity contribution in [1.82, 2.24) is 23.3 Å². The Hall–Kier alpha value is -9.69. The first kappa shape index (κ1) is 39.7. The van der Waals surface area contributed by atoms with Gasteiger partial charge in [0, 0.05) is 54.0 Å². The van der Waals surface area contributed by atoms with E-state index in [1.165, 1.54) is 0 Å². The number of allylic oxidation sites excluding steroid dienone is 1. The third-order valence-electron chi connectivity index (χ3n) is 13.8. The van der Waals surface area contributed by atoms with Gasteiger partial charge in [-0.3, -0.25) is 9.13 Å². The van der Waals surface area contributed by atoms with E-state index in [0.717, 1.165) is 104 Å². The minimum atomic E-state index is 0.267. The van der Waals surface area contributed by atoms with Crippen LogP contribution in [0.4, 0.5) is 0 Å². The fourth-order valence-corrected chi connectivity index (χ4v) is 11.1. The van der Waals surface area contributed by atoms with E-state index in [4.69, 9.17) is 4.98 Å². The van der Waals surface area contributed by atoms with Gasteiger partial charge in [0.05, 0.1) is 55.1 Å². The molecule has 69 heavy (non-hydrogen) atoms. The molecule has 0 radical (unpaired) electrons. The monoisotopic (exact) mass is 881 g/mol. The van der Waals surface area contributed by atoms with Crippen molar-refractivity contribution in [1.29, 1.82) is 10.5 Å². The Kier molecular flexibility index (Phi) is 8.88. The maximum atomic E-state index is 11.5. The first-order valence-corrected chi connectivity index (χ1v) is 23.0. The van der Waals surface area contributed by atoms with Crippen LogP contribution in [0.2, 0.25) is 0 Å². The number of nitrogens with zero attached hydrogens (tertiary/aromatic N) is 7. The average Bonchev–Trinajstić information content (AvgIpc) is 4.13. The number of para-hydroxylation sites is 7. The standard InChI is InChI=1S/C62H39N7/c1-3-20-50-40(4-2)41-22-5-12-30-51(41)66(50)59-58(48-29-19-21-39(37-63)49(48)38-64)60(67-52-31-13-6-23-42(52)43-24-7-14-32-53(43)67)62(69-56-35-17-10-27-46(56)47-28-11-18-36-57(47)69)65-61(59)68-54-33-15-8-25-44(54)45-26-9-16-34-55(45)68/h3-36H,1H2,2H3/b40-4-,50-20+. The minimum absolute atomic E-state index is 0.267. The molecule has 0 saturated carbocycles. The molecule has 7 heteroatoms. The molecule has 13 rings (SSSR count). The van der Waals surface area contributed by atoms with Gasteiger partial charge in [0.25, 0.3) is 0 Å². The normalized spacial score (nSPS) is 12.3.